The van der Waals surface area contributed by atoms with Gasteiger partial charge in [-0.1, -0.05) is 26.0 Å². The lowest BCUT2D eigenvalue weighted by molar-refractivity contribution is -0.133. The van der Waals surface area contributed by atoms with Gasteiger partial charge in [-0.05, 0) is 42.9 Å². The Bertz CT molecular complexity index is 513. The SMILES string of the molecule is CC(C)CN(CC(=O)N1CCCCC1)CC(O)c1ccc(F)cc1. The third-order valence-corrected chi connectivity index (χ3v) is 4.38. The zero-order valence-corrected chi connectivity index (χ0v) is 14.7. The van der Waals surface area contributed by atoms with E-state index in [1.165, 1.54) is 18.6 Å². The Morgan fingerprint density at radius 2 is 1.79 bits per heavy atom. The molecule has 1 heterocycles. The van der Waals surface area contributed by atoms with Crippen LogP contribution < -0.4 is 0 Å². The molecule has 1 N–H and O–H groups in total. The van der Waals surface area contributed by atoms with Gasteiger partial charge in [-0.25, -0.2) is 4.39 Å². The van der Waals surface area contributed by atoms with Crippen molar-refractivity contribution in [3.63, 3.8) is 0 Å². The fraction of sp³-hybridized carbons (Fsp3) is 0.632. The molecule has 1 aromatic rings. The average molecular weight is 336 g/mol. The molecule has 1 unspecified atom stereocenters. The molecule has 2 rings (SSSR count). The second-order valence-corrected chi connectivity index (χ2v) is 7.10. The Kier molecular flexibility index (Phi) is 7.18. The molecule has 1 aliphatic rings. The number of rotatable bonds is 7. The first kappa shape index (κ1) is 18.9. The lowest BCUT2D eigenvalue weighted by Crippen LogP contribution is -2.44. The first-order chi connectivity index (χ1) is 11.5. The van der Waals surface area contributed by atoms with Crippen molar-refractivity contribution in [3.8, 4) is 0 Å². The lowest BCUT2D eigenvalue weighted by Gasteiger charge is -2.31. The molecule has 0 saturated carbocycles. The summed E-state index contributed by atoms with van der Waals surface area (Å²) in [7, 11) is 0. The minimum atomic E-state index is -0.724. The number of carbonyl (C=O) groups is 1. The molecule has 0 aromatic heterocycles. The maximum atomic E-state index is 13.0. The van der Waals surface area contributed by atoms with Gasteiger partial charge in [0.25, 0.3) is 0 Å². The zero-order chi connectivity index (χ0) is 17.5. The highest BCUT2D eigenvalue weighted by atomic mass is 19.1. The summed E-state index contributed by atoms with van der Waals surface area (Å²) in [5.74, 6) is 0.228. The molecule has 0 bridgehead atoms. The molecule has 1 amide bonds. The molecule has 4 nitrogen and oxygen atoms in total. The molecular formula is C19H29FN2O2. The molecule has 0 spiro atoms. The number of amides is 1. The van der Waals surface area contributed by atoms with Gasteiger partial charge in [0.2, 0.25) is 5.91 Å². The van der Waals surface area contributed by atoms with Crippen molar-refractivity contribution in [2.24, 2.45) is 5.92 Å². The van der Waals surface area contributed by atoms with Crippen LogP contribution in [0.4, 0.5) is 4.39 Å². The van der Waals surface area contributed by atoms with Crippen molar-refractivity contribution in [2.45, 2.75) is 39.2 Å². The van der Waals surface area contributed by atoms with Crippen LogP contribution in [0.15, 0.2) is 24.3 Å². The van der Waals surface area contributed by atoms with Crippen molar-refractivity contribution in [3.05, 3.63) is 35.6 Å². The first-order valence-corrected chi connectivity index (χ1v) is 8.89. The summed E-state index contributed by atoms with van der Waals surface area (Å²) >= 11 is 0. The molecule has 1 saturated heterocycles. The maximum absolute atomic E-state index is 13.0. The number of nitrogens with zero attached hydrogens (tertiary/aromatic N) is 2. The van der Waals surface area contributed by atoms with E-state index in [4.69, 9.17) is 0 Å². The number of hydrogen-bond acceptors (Lipinski definition) is 3. The summed E-state index contributed by atoms with van der Waals surface area (Å²) in [4.78, 5) is 16.4. The van der Waals surface area contributed by atoms with Gasteiger partial charge >= 0.3 is 0 Å². The number of benzene rings is 1. The van der Waals surface area contributed by atoms with E-state index in [9.17, 15) is 14.3 Å². The van der Waals surface area contributed by atoms with Crippen molar-refractivity contribution in [1.29, 1.82) is 0 Å². The molecule has 1 aromatic carbocycles. The number of carbonyl (C=O) groups excluding carboxylic acids is 1. The van der Waals surface area contributed by atoms with Crippen LogP contribution >= 0.6 is 0 Å². The molecule has 134 valence electrons. The number of halogens is 1. The summed E-state index contributed by atoms with van der Waals surface area (Å²) in [6.07, 6.45) is 2.63. The van der Waals surface area contributed by atoms with E-state index in [1.807, 2.05) is 9.80 Å². The standard InChI is InChI=1S/C19H29FN2O2/c1-15(2)12-21(14-19(24)22-10-4-3-5-11-22)13-18(23)16-6-8-17(20)9-7-16/h6-9,15,18,23H,3-5,10-14H2,1-2H3. The van der Waals surface area contributed by atoms with Gasteiger partial charge in [0.1, 0.15) is 5.82 Å². The molecular weight excluding hydrogens is 307 g/mol. The Morgan fingerprint density at radius 3 is 2.38 bits per heavy atom. The summed E-state index contributed by atoms with van der Waals surface area (Å²) in [6.45, 7) is 7.34. The zero-order valence-electron chi connectivity index (χ0n) is 14.7. The normalized spacial score (nSPS) is 16.7. The van der Waals surface area contributed by atoms with Crippen molar-refractivity contribution in [1.82, 2.24) is 9.80 Å². The lowest BCUT2D eigenvalue weighted by atomic mass is 10.1. The topological polar surface area (TPSA) is 43.8 Å². The predicted octanol–water partition coefficient (Wildman–Crippen LogP) is 2.83. The van der Waals surface area contributed by atoms with Crippen molar-refractivity contribution < 1.29 is 14.3 Å². The van der Waals surface area contributed by atoms with Gasteiger partial charge in [-0.15, -0.1) is 0 Å². The number of aliphatic hydroxyl groups excluding tert-OH is 1. The molecule has 24 heavy (non-hydrogen) atoms. The summed E-state index contributed by atoms with van der Waals surface area (Å²) in [5, 5.41) is 10.4. The Balaban J connectivity index is 1.96. The molecule has 0 aliphatic carbocycles. The van der Waals surface area contributed by atoms with Crippen molar-refractivity contribution in [2.75, 3.05) is 32.7 Å². The van der Waals surface area contributed by atoms with Gasteiger partial charge in [-0.3, -0.25) is 9.69 Å². The van der Waals surface area contributed by atoms with Gasteiger partial charge in [0.15, 0.2) is 0 Å². The fourth-order valence-electron chi connectivity index (χ4n) is 3.19. The third-order valence-electron chi connectivity index (χ3n) is 4.38. The Labute approximate surface area is 144 Å². The first-order valence-electron chi connectivity index (χ1n) is 8.89. The van der Waals surface area contributed by atoms with Crippen molar-refractivity contribution >= 4 is 5.91 Å². The van der Waals surface area contributed by atoms with Gasteiger partial charge in [0, 0.05) is 26.2 Å². The number of likely N-dealkylation sites (tertiary alicyclic amines) is 1. The van der Waals surface area contributed by atoms with Crippen LogP contribution in [0.5, 0.6) is 0 Å². The average Bonchev–Trinajstić information content (AvgIpc) is 2.55. The molecule has 1 atom stereocenters. The van der Waals surface area contributed by atoms with Crippen LogP contribution in [0.3, 0.4) is 0 Å². The highest BCUT2D eigenvalue weighted by Gasteiger charge is 2.22. The Hall–Kier alpha value is -1.46. The quantitative estimate of drug-likeness (QED) is 0.833. The maximum Gasteiger partial charge on any atom is 0.236 e. The summed E-state index contributed by atoms with van der Waals surface area (Å²) in [6, 6.07) is 5.90. The van der Waals surface area contributed by atoms with Crippen LogP contribution in [0.25, 0.3) is 0 Å². The van der Waals surface area contributed by atoms with Gasteiger partial charge < -0.3 is 10.0 Å². The smallest absolute Gasteiger partial charge is 0.236 e. The molecule has 0 radical (unpaired) electrons. The third kappa shape index (κ3) is 5.87. The van der Waals surface area contributed by atoms with E-state index in [0.29, 0.717) is 24.6 Å². The van der Waals surface area contributed by atoms with E-state index in [1.54, 1.807) is 12.1 Å². The van der Waals surface area contributed by atoms with Crippen LogP contribution in [0.2, 0.25) is 0 Å². The molecule has 1 aliphatic heterocycles. The van der Waals surface area contributed by atoms with E-state index in [0.717, 1.165) is 32.5 Å². The highest BCUT2D eigenvalue weighted by molar-refractivity contribution is 5.78. The number of piperidine rings is 1. The minimum Gasteiger partial charge on any atom is -0.387 e. The fourth-order valence-corrected chi connectivity index (χ4v) is 3.19. The number of hydrogen-bond donors (Lipinski definition) is 1. The monoisotopic (exact) mass is 336 g/mol. The second-order valence-electron chi connectivity index (χ2n) is 7.10. The summed E-state index contributed by atoms with van der Waals surface area (Å²) < 4.78 is 13.0. The summed E-state index contributed by atoms with van der Waals surface area (Å²) in [5.41, 5.74) is 0.676. The largest absolute Gasteiger partial charge is 0.387 e. The van der Waals surface area contributed by atoms with Crippen LogP contribution in [0.1, 0.15) is 44.8 Å². The van der Waals surface area contributed by atoms with Gasteiger partial charge in [-0.2, -0.15) is 0 Å². The predicted molar refractivity (Wildman–Crippen MR) is 93.1 cm³/mol. The van der Waals surface area contributed by atoms with Crippen LogP contribution in [0, 0.1) is 11.7 Å². The highest BCUT2D eigenvalue weighted by Crippen LogP contribution is 2.16. The molecule has 5 heteroatoms. The molecule has 1 fully saturated rings. The minimum absolute atomic E-state index is 0.140. The van der Waals surface area contributed by atoms with Crippen LogP contribution in [-0.2, 0) is 4.79 Å². The number of aliphatic hydroxyl groups is 1. The second kappa shape index (κ2) is 9.14. The van der Waals surface area contributed by atoms with E-state index in [-0.39, 0.29) is 11.7 Å². The van der Waals surface area contributed by atoms with Crippen LogP contribution in [-0.4, -0.2) is 53.5 Å². The Morgan fingerprint density at radius 1 is 1.17 bits per heavy atom. The van der Waals surface area contributed by atoms with E-state index in [2.05, 4.69) is 13.8 Å². The van der Waals surface area contributed by atoms with E-state index >= 15 is 0 Å². The van der Waals surface area contributed by atoms with E-state index < -0.39 is 6.10 Å². The van der Waals surface area contributed by atoms with Gasteiger partial charge in [0.05, 0.1) is 12.6 Å².